The lowest BCUT2D eigenvalue weighted by Crippen LogP contribution is -2.46. The number of amides is 1. The molecule has 0 bridgehead atoms. The van der Waals surface area contributed by atoms with Crippen LogP contribution < -0.4 is 16.0 Å². The van der Waals surface area contributed by atoms with Crippen LogP contribution in [0.1, 0.15) is 34.1 Å². The molecule has 0 aliphatic carbocycles. The Balaban J connectivity index is 2.69. The van der Waals surface area contributed by atoms with E-state index in [0.29, 0.717) is 24.2 Å². The summed E-state index contributed by atoms with van der Waals surface area (Å²) in [5.41, 5.74) is 0.823. The summed E-state index contributed by atoms with van der Waals surface area (Å²) in [4.78, 5) is 13.3. The van der Waals surface area contributed by atoms with Gasteiger partial charge in [0.1, 0.15) is 11.4 Å². The van der Waals surface area contributed by atoms with E-state index < -0.39 is 0 Å². The molecule has 3 N–H and O–H groups in total. The van der Waals surface area contributed by atoms with Crippen molar-refractivity contribution >= 4 is 23.4 Å². The fraction of sp³-hybridized carbons (Fsp3) is 0.474. The third kappa shape index (κ3) is 8.50. The van der Waals surface area contributed by atoms with Crippen molar-refractivity contribution in [3.05, 3.63) is 36.7 Å². The second kappa shape index (κ2) is 10.7. The predicted molar refractivity (Wildman–Crippen MR) is 105 cm³/mol. The number of carbonyl (C=O) groups is 1. The van der Waals surface area contributed by atoms with Gasteiger partial charge in [-0.3, -0.25) is 4.79 Å². The molecule has 0 aliphatic rings. The Bertz CT molecular complexity index is 622. The van der Waals surface area contributed by atoms with Crippen LogP contribution in [0.3, 0.4) is 0 Å². The first-order valence-corrected chi connectivity index (χ1v) is 9.29. The first-order chi connectivity index (χ1) is 11.8. The number of thioether (sulfide) groups is 1. The summed E-state index contributed by atoms with van der Waals surface area (Å²) >= 11 is 1.10. The molecule has 1 rings (SSSR count). The van der Waals surface area contributed by atoms with Crippen molar-refractivity contribution in [2.45, 2.75) is 45.1 Å². The van der Waals surface area contributed by atoms with E-state index in [1.807, 2.05) is 24.3 Å². The average Bonchev–Trinajstić information content (AvgIpc) is 2.52. The number of nitriles is 1. The van der Waals surface area contributed by atoms with Crippen molar-refractivity contribution in [1.29, 1.82) is 5.26 Å². The van der Waals surface area contributed by atoms with E-state index in [2.05, 4.69) is 55.6 Å². The number of anilines is 1. The quantitative estimate of drug-likeness (QED) is 0.435. The molecule has 0 aromatic heterocycles. The fourth-order valence-electron chi connectivity index (χ4n) is 2.24. The fourth-order valence-corrected chi connectivity index (χ4v) is 2.68. The maximum Gasteiger partial charge on any atom is 0.242 e. The van der Waals surface area contributed by atoms with Crippen LogP contribution in [0, 0.1) is 22.5 Å². The van der Waals surface area contributed by atoms with Gasteiger partial charge in [0, 0.05) is 17.1 Å². The van der Waals surface area contributed by atoms with Crippen LogP contribution in [0.25, 0.3) is 0 Å². The first kappa shape index (κ1) is 20.9. The van der Waals surface area contributed by atoms with Gasteiger partial charge in [-0.15, -0.1) is 0 Å². The van der Waals surface area contributed by atoms with Gasteiger partial charge in [-0.2, -0.15) is 5.26 Å². The van der Waals surface area contributed by atoms with Gasteiger partial charge in [0.25, 0.3) is 0 Å². The van der Waals surface area contributed by atoms with Crippen LogP contribution in [0.2, 0.25) is 0 Å². The van der Waals surface area contributed by atoms with Gasteiger partial charge in [-0.25, -0.2) is 0 Å². The molecular formula is C19H28N4OS. The SMILES string of the molecule is C=C(Nc1cccc(SC#N)c1)N[C@@H](CC(C)C)C(=O)NCC(C)C. The normalized spacial score (nSPS) is 11.7. The molecule has 1 aromatic rings. The molecule has 0 fully saturated rings. The third-order valence-corrected chi connectivity index (χ3v) is 3.93. The standard InChI is InChI=1S/C19H28N4OS/c1-13(2)9-18(19(24)21-11-14(3)4)23-15(5)22-16-7-6-8-17(10-16)25-12-20/h6-8,10,13-14,18,22-23H,5,9,11H2,1-4H3,(H,21,24)/t18-/m0/s1. The number of hydrogen-bond acceptors (Lipinski definition) is 5. The van der Waals surface area contributed by atoms with Gasteiger partial charge in [0.2, 0.25) is 5.91 Å². The molecule has 5 nitrogen and oxygen atoms in total. The molecule has 0 spiro atoms. The predicted octanol–water partition coefficient (Wildman–Crippen LogP) is 3.92. The number of benzene rings is 1. The zero-order valence-electron chi connectivity index (χ0n) is 15.4. The topological polar surface area (TPSA) is 77.0 Å². The Kier molecular flexibility index (Phi) is 8.93. The molecule has 0 saturated carbocycles. The number of hydrogen-bond donors (Lipinski definition) is 3. The van der Waals surface area contributed by atoms with E-state index in [1.165, 1.54) is 0 Å². The molecule has 0 unspecified atom stereocenters. The van der Waals surface area contributed by atoms with Crippen LogP contribution in [-0.2, 0) is 4.79 Å². The van der Waals surface area contributed by atoms with E-state index in [9.17, 15) is 4.79 Å². The van der Waals surface area contributed by atoms with E-state index in [-0.39, 0.29) is 11.9 Å². The summed E-state index contributed by atoms with van der Waals surface area (Å²) in [7, 11) is 0. The summed E-state index contributed by atoms with van der Waals surface area (Å²) in [5, 5.41) is 20.1. The van der Waals surface area contributed by atoms with Crippen LogP contribution >= 0.6 is 11.8 Å². The number of nitrogens with one attached hydrogen (secondary N) is 3. The summed E-state index contributed by atoms with van der Waals surface area (Å²) in [6, 6.07) is 7.17. The largest absolute Gasteiger partial charge is 0.360 e. The Labute approximate surface area is 155 Å². The Morgan fingerprint density at radius 1 is 1.28 bits per heavy atom. The number of thiocyanates is 1. The highest BCUT2D eigenvalue weighted by Crippen LogP contribution is 2.21. The van der Waals surface area contributed by atoms with Crippen molar-refractivity contribution < 1.29 is 4.79 Å². The van der Waals surface area contributed by atoms with Crippen molar-refractivity contribution in [1.82, 2.24) is 10.6 Å². The third-order valence-electron chi connectivity index (χ3n) is 3.35. The van der Waals surface area contributed by atoms with Gasteiger partial charge in [0.15, 0.2) is 0 Å². The molecule has 25 heavy (non-hydrogen) atoms. The average molecular weight is 361 g/mol. The minimum Gasteiger partial charge on any atom is -0.360 e. The maximum absolute atomic E-state index is 12.4. The van der Waals surface area contributed by atoms with Crippen LogP contribution in [0.4, 0.5) is 5.69 Å². The van der Waals surface area contributed by atoms with Gasteiger partial charge >= 0.3 is 0 Å². The lowest BCUT2D eigenvalue weighted by Gasteiger charge is -2.23. The minimum absolute atomic E-state index is 0.0147. The number of nitrogens with zero attached hydrogens (tertiary/aromatic N) is 1. The second-order valence-electron chi connectivity index (χ2n) is 6.79. The van der Waals surface area contributed by atoms with Crippen LogP contribution in [-0.4, -0.2) is 18.5 Å². The number of rotatable bonds is 10. The molecule has 0 aliphatic heterocycles. The summed E-state index contributed by atoms with van der Waals surface area (Å²) < 4.78 is 0. The molecule has 1 atom stereocenters. The smallest absolute Gasteiger partial charge is 0.242 e. The second-order valence-corrected chi connectivity index (χ2v) is 7.65. The van der Waals surface area contributed by atoms with Crippen molar-refractivity contribution in [3.8, 4) is 5.40 Å². The molecule has 1 aromatic carbocycles. The van der Waals surface area contributed by atoms with Gasteiger partial charge in [-0.1, -0.05) is 40.3 Å². The van der Waals surface area contributed by atoms with E-state index in [1.54, 1.807) is 0 Å². The van der Waals surface area contributed by atoms with Crippen LogP contribution in [0.15, 0.2) is 41.6 Å². The highest BCUT2D eigenvalue weighted by atomic mass is 32.2. The Morgan fingerprint density at radius 3 is 2.60 bits per heavy atom. The molecule has 0 radical (unpaired) electrons. The van der Waals surface area contributed by atoms with Gasteiger partial charge in [-0.05, 0) is 48.2 Å². The number of carbonyl (C=O) groups excluding carboxylic acids is 1. The maximum atomic E-state index is 12.4. The lowest BCUT2D eigenvalue weighted by molar-refractivity contribution is -0.123. The zero-order chi connectivity index (χ0) is 18.8. The van der Waals surface area contributed by atoms with E-state index >= 15 is 0 Å². The molecule has 136 valence electrons. The van der Waals surface area contributed by atoms with Gasteiger partial charge in [0.05, 0.1) is 5.82 Å². The van der Waals surface area contributed by atoms with Crippen molar-refractivity contribution in [2.75, 3.05) is 11.9 Å². The first-order valence-electron chi connectivity index (χ1n) is 8.48. The lowest BCUT2D eigenvalue weighted by atomic mass is 10.0. The Hall–Kier alpha value is -2.13. The van der Waals surface area contributed by atoms with Crippen molar-refractivity contribution in [2.24, 2.45) is 11.8 Å². The van der Waals surface area contributed by atoms with E-state index in [4.69, 9.17) is 5.26 Å². The molecule has 0 heterocycles. The highest BCUT2D eigenvalue weighted by Gasteiger charge is 2.20. The van der Waals surface area contributed by atoms with E-state index in [0.717, 1.165) is 28.8 Å². The Morgan fingerprint density at radius 2 is 2.00 bits per heavy atom. The molecule has 6 heteroatoms. The molecule has 1 amide bonds. The summed E-state index contributed by atoms with van der Waals surface area (Å²) in [6.07, 6.45) is 0.717. The molecule has 0 saturated heterocycles. The van der Waals surface area contributed by atoms with Gasteiger partial charge < -0.3 is 16.0 Å². The highest BCUT2D eigenvalue weighted by molar-refractivity contribution is 8.03. The zero-order valence-corrected chi connectivity index (χ0v) is 16.2. The monoisotopic (exact) mass is 360 g/mol. The summed E-state index contributed by atoms with van der Waals surface area (Å²) in [5.74, 6) is 1.33. The van der Waals surface area contributed by atoms with Crippen molar-refractivity contribution in [3.63, 3.8) is 0 Å². The summed E-state index contributed by atoms with van der Waals surface area (Å²) in [6.45, 7) is 12.9. The molecular weight excluding hydrogens is 332 g/mol. The minimum atomic E-state index is -0.338. The van der Waals surface area contributed by atoms with Crippen LogP contribution in [0.5, 0.6) is 0 Å².